The van der Waals surface area contributed by atoms with Crippen molar-refractivity contribution in [1.82, 2.24) is 14.7 Å². The highest BCUT2D eigenvalue weighted by Gasteiger charge is 2.41. The molecule has 1 amide bonds. The van der Waals surface area contributed by atoms with E-state index >= 15 is 0 Å². The lowest BCUT2D eigenvalue weighted by Gasteiger charge is -2.35. The van der Waals surface area contributed by atoms with Gasteiger partial charge < -0.3 is 15.1 Å². The second kappa shape index (κ2) is 5.96. The fraction of sp³-hybridized carbons (Fsp3) is 0.688. The summed E-state index contributed by atoms with van der Waals surface area (Å²) >= 11 is 0. The Kier molecular flexibility index (Phi) is 4.52. The van der Waals surface area contributed by atoms with Gasteiger partial charge in [-0.3, -0.25) is 9.48 Å². The molecule has 2 rings (SSSR count). The fourth-order valence-electron chi connectivity index (χ4n) is 2.93. The van der Waals surface area contributed by atoms with E-state index in [-0.39, 0.29) is 37.4 Å². The van der Waals surface area contributed by atoms with Crippen molar-refractivity contribution in [3.63, 3.8) is 0 Å². The Balaban J connectivity index is 2.20. The molecule has 1 aliphatic rings. The summed E-state index contributed by atoms with van der Waals surface area (Å²) in [4.78, 5) is 25.4. The van der Waals surface area contributed by atoms with Crippen molar-refractivity contribution in [2.75, 3.05) is 13.1 Å². The summed E-state index contributed by atoms with van der Waals surface area (Å²) in [6, 6.07) is 0. The predicted molar refractivity (Wildman–Crippen MR) is 84.3 cm³/mol. The van der Waals surface area contributed by atoms with Crippen LogP contribution >= 0.6 is 0 Å². The van der Waals surface area contributed by atoms with Gasteiger partial charge in [0.05, 0.1) is 23.0 Å². The Hall–Kier alpha value is -1.89. The highest BCUT2D eigenvalue weighted by molar-refractivity contribution is 5.95. The number of likely N-dealkylation sites (tertiary alicyclic amines) is 1. The molecule has 7 nitrogen and oxygen atoms in total. The first-order chi connectivity index (χ1) is 10.6. The van der Waals surface area contributed by atoms with E-state index in [2.05, 4.69) is 5.10 Å². The lowest BCUT2D eigenvalue weighted by Crippen LogP contribution is -2.50. The number of carboxylic acid groups (broad SMARTS) is 1. The monoisotopic (exact) mass is 323 g/mol. The minimum atomic E-state index is -1.72. The van der Waals surface area contributed by atoms with Gasteiger partial charge >= 0.3 is 5.97 Å². The molecule has 1 aromatic rings. The van der Waals surface area contributed by atoms with Crippen molar-refractivity contribution < 1.29 is 19.8 Å². The zero-order valence-corrected chi connectivity index (χ0v) is 14.2. The third-order valence-electron chi connectivity index (χ3n) is 4.35. The van der Waals surface area contributed by atoms with Gasteiger partial charge in [0.25, 0.3) is 5.91 Å². The normalized spacial score (nSPS) is 18.0. The zero-order chi connectivity index (χ0) is 17.4. The summed E-state index contributed by atoms with van der Waals surface area (Å²) in [5.41, 5.74) is -0.500. The van der Waals surface area contributed by atoms with E-state index in [1.54, 1.807) is 11.1 Å². The number of carbonyl (C=O) groups excluding carboxylic acids is 1. The molecule has 2 N–H and O–H groups in total. The van der Waals surface area contributed by atoms with Crippen LogP contribution in [0.15, 0.2) is 6.20 Å². The van der Waals surface area contributed by atoms with E-state index in [1.807, 2.05) is 32.4 Å². The van der Waals surface area contributed by atoms with Crippen molar-refractivity contribution in [1.29, 1.82) is 0 Å². The largest absolute Gasteiger partial charge is 0.479 e. The van der Waals surface area contributed by atoms with Gasteiger partial charge in [0.15, 0.2) is 5.60 Å². The first kappa shape index (κ1) is 17.5. The average Bonchev–Trinajstić information content (AvgIpc) is 2.91. The lowest BCUT2D eigenvalue weighted by molar-refractivity contribution is -0.162. The molecule has 7 heteroatoms. The van der Waals surface area contributed by atoms with Gasteiger partial charge in [-0.1, -0.05) is 6.92 Å². The molecule has 1 aliphatic heterocycles. The van der Waals surface area contributed by atoms with E-state index < -0.39 is 11.6 Å². The standard InChI is InChI=1S/C16H25N3O4/c1-5-12-11(10-17-19(12)15(2,3)4)13(20)18-8-6-16(23,7-9-18)14(21)22/h10,23H,5-9H2,1-4H3,(H,21,22). The number of aromatic nitrogens is 2. The minimum absolute atomic E-state index is 0.0446. The third-order valence-corrected chi connectivity index (χ3v) is 4.35. The molecule has 0 aliphatic carbocycles. The Labute approximate surface area is 135 Å². The number of carboxylic acids is 1. The maximum Gasteiger partial charge on any atom is 0.335 e. The second-order valence-electron chi connectivity index (χ2n) is 7.07. The fourth-order valence-corrected chi connectivity index (χ4v) is 2.93. The van der Waals surface area contributed by atoms with Crippen LogP contribution in [-0.2, 0) is 16.8 Å². The SMILES string of the molecule is CCc1c(C(=O)N2CCC(O)(C(=O)O)CC2)cnn1C(C)(C)C. The minimum Gasteiger partial charge on any atom is -0.479 e. The van der Waals surface area contributed by atoms with E-state index in [1.165, 1.54) is 0 Å². The first-order valence-electron chi connectivity index (χ1n) is 7.92. The number of aliphatic hydroxyl groups is 1. The van der Waals surface area contributed by atoms with E-state index in [9.17, 15) is 14.7 Å². The molecule has 1 aromatic heterocycles. The molecular weight excluding hydrogens is 298 g/mol. The van der Waals surface area contributed by atoms with Crippen LogP contribution in [0.2, 0.25) is 0 Å². The van der Waals surface area contributed by atoms with Crippen molar-refractivity contribution in [3.8, 4) is 0 Å². The Morgan fingerprint density at radius 1 is 1.30 bits per heavy atom. The molecule has 0 spiro atoms. The molecule has 0 unspecified atom stereocenters. The number of nitrogens with zero attached hydrogens (tertiary/aromatic N) is 3. The smallest absolute Gasteiger partial charge is 0.335 e. The van der Waals surface area contributed by atoms with E-state index in [0.717, 1.165) is 5.69 Å². The van der Waals surface area contributed by atoms with Crippen LogP contribution in [0, 0.1) is 0 Å². The number of rotatable bonds is 3. The van der Waals surface area contributed by atoms with Crippen molar-refractivity contribution >= 4 is 11.9 Å². The summed E-state index contributed by atoms with van der Waals surface area (Å²) in [5, 5.41) is 23.4. The number of carbonyl (C=O) groups is 2. The summed E-state index contributed by atoms with van der Waals surface area (Å²) in [6.45, 7) is 8.52. The number of amides is 1. The van der Waals surface area contributed by atoms with Gasteiger partial charge in [-0.25, -0.2) is 4.79 Å². The molecule has 128 valence electrons. The third kappa shape index (κ3) is 3.24. The van der Waals surface area contributed by atoms with Crippen LogP contribution in [-0.4, -0.2) is 55.5 Å². The van der Waals surface area contributed by atoms with Gasteiger partial charge in [0.2, 0.25) is 0 Å². The molecule has 0 bridgehead atoms. The zero-order valence-electron chi connectivity index (χ0n) is 14.2. The molecular formula is C16H25N3O4. The van der Waals surface area contributed by atoms with Gasteiger partial charge in [0, 0.05) is 25.9 Å². The number of hydrogen-bond acceptors (Lipinski definition) is 4. The van der Waals surface area contributed by atoms with Crippen LogP contribution in [0.4, 0.5) is 0 Å². The second-order valence-corrected chi connectivity index (χ2v) is 7.07. The highest BCUT2D eigenvalue weighted by atomic mass is 16.4. The summed E-state index contributed by atoms with van der Waals surface area (Å²) in [5.74, 6) is -1.37. The summed E-state index contributed by atoms with van der Waals surface area (Å²) in [7, 11) is 0. The average molecular weight is 323 g/mol. The predicted octanol–water partition coefficient (Wildman–Crippen LogP) is 1.25. The van der Waals surface area contributed by atoms with Crippen LogP contribution in [0.25, 0.3) is 0 Å². The number of aliphatic carboxylic acids is 1. The molecule has 1 saturated heterocycles. The highest BCUT2D eigenvalue weighted by Crippen LogP contribution is 2.26. The summed E-state index contributed by atoms with van der Waals surface area (Å²) in [6.07, 6.45) is 2.36. The van der Waals surface area contributed by atoms with Crippen LogP contribution in [0.5, 0.6) is 0 Å². The van der Waals surface area contributed by atoms with E-state index in [4.69, 9.17) is 5.11 Å². The van der Waals surface area contributed by atoms with Crippen LogP contribution in [0.1, 0.15) is 56.6 Å². The first-order valence-corrected chi connectivity index (χ1v) is 7.92. The van der Waals surface area contributed by atoms with Gasteiger partial charge in [-0.05, 0) is 27.2 Å². The van der Waals surface area contributed by atoms with Gasteiger partial charge in [-0.15, -0.1) is 0 Å². The molecule has 0 atom stereocenters. The Bertz CT molecular complexity index is 607. The lowest BCUT2D eigenvalue weighted by atomic mass is 9.91. The number of piperidine rings is 1. The van der Waals surface area contributed by atoms with Gasteiger partial charge in [-0.2, -0.15) is 5.10 Å². The maximum absolute atomic E-state index is 12.7. The van der Waals surface area contributed by atoms with Crippen LogP contribution in [0.3, 0.4) is 0 Å². The molecule has 2 heterocycles. The molecule has 23 heavy (non-hydrogen) atoms. The van der Waals surface area contributed by atoms with Crippen LogP contribution < -0.4 is 0 Å². The van der Waals surface area contributed by atoms with E-state index in [0.29, 0.717) is 12.0 Å². The quantitative estimate of drug-likeness (QED) is 0.873. The molecule has 0 aromatic carbocycles. The van der Waals surface area contributed by atoms with Gasteiger partial charge in [0.1, 0.15) is 0 Å². The molecule has 1 fully saturated rings. The molecule has 0 saturated carbocycles. The van der Waals surface area contributed by atoms with Crippen molar-refractivity contribution in [3.05, 3.63) is 17.5 Å². The molecule has 0 radical (unpaired) electrons. The van der Waals surface area contributed by atoms with Crippen molar-refractivity contribution in [2.45, 2.75) is 58.1 Å². The number of hydrogen-bond donors (Lipinski definition) is 2. The van der Waals surface area contributed by atoms with Crippen molar-refractivity contribution in [2.24, 2.45) is 0 Å². The topological polar surface area (TPSA) is 95.7 Å². The maximum atomic E-state index is 12.7. The summed E-state index contributed by atoms with van der Waals surface area (Å²) < 4.78 is 1.86. The Morgan fingerprint density at radius 3 is 2.30 bits per heavy atom. The Morgan fingerprint density at radius 2 is 1.87 bits per heavy atom.